The lowest BCUT2D eigenvalue weighted by Crippen LogP contribution is -2.66. The van der Waals surface area contributed by atoms with E-state index in [1.54, 1.807) is 11.3 Å². The van der Waals surface area contributed by atoms with Gasteiger partial charge < -0.3 is 20.1 Å². The molecule has 12 nitrogen and oxygen atoms in total. The number of carbonyl (C=O) groups excluding carboxylic acids is 1. The lowest BCUT2D eigenvalue weighted by atomic mass is 9.84. The minimum Gasteiger partial charge on any atom is -0.508 e. The van der Waals surface area contributed by atoms with Gasteiger partial charge in [-0.1, -0.05) is 12.0 Å². The number of likely N-dealkylation sites (tertiary alicyclic amines) is 1. The van der Waals surface area contributed by atoms with E-state index in [2.05, 4.69) is 41.5 Å². The molecule has 15 heteroatoms. The number of fused-ring (bicyclic) bond motifs is 3. The van der Waals surface area contributed by atoms with E-state index in [1.165, 1.54) is 56.6 Å². The molecule has 0 saturated carbocycles. The van der Waals surface area contributed by atoms with Crippen molar-refractivity contribution in [2.75, 3.05) is 46.5 Å². The number of rotatable bonds is 2. The van der Waals surface area contributed by atoms with Crippen molar-refractivity contribution in [1.82, 2.24) is 40.5 Å². The number of carbonyl (C=O) groups is 1. The predicted molar refractivity (Wildman–Crippen MR) is 186 cm³/mol. The summed E-state index contributed by atoms with van der Waals surface area (Å²) in [5.74, 6) is 0.779. The van der Waals surface area contributed by atoms with Crippen molar-refractivity contribution in [3.8, 4) is 35.4 Å². The van der Waals surface area contributed by atoms with E-state index in [9.17, 15) is 18.7 Å². The molecule has 0 aliphatic carbocycles. The molecule has 3 N–H and O–H groups in total. The monoisotopic (exact) mass is 701 g/mol. The molecular formula is C36H38F3N9O3. The summed E-state index contributed by atoms with van der Waals surface area (Å²) in [5, 5.41) is 16.0. The molecule has 0 bridgehead atoms. The molecule has 3 atom stereocenters. The Morgan fingerprint density at radius 3 is 2.69 bits per heavy atom. The largest absolute Gasteiger partial charge is 0.508 e. The van der Waals surface area contributed by atoms with Gasteiger partial charge in [0.1, 0.15) is 42.0 Å². The Morgan fingerprint density at radius 2 is 2.00 bits per heavy atom. The number of methoxy groups -OCH3 is 1. The first-order chi connectivity index (χ1) is 24.7. The molecular weight excluding hydrogens is 663 g/mol. The molecule has 2 aromatic heterocycles. The Morgan fingerprint density at radius 1 is 1.16 bits per heavy atom. The van der Waals surface area contributed by atoms with Crippen LogP contribution >= 0.6 is 0 Å². The van der Waals surface area contributed by atoms with Crippen LogP contribution in [0.2, 0.25) is 0 Å². The number of alkyl halides is 1. The Hall–Kier alpha value is -5.20. The third-order valence-electron chi connectivity index (χ3n) is 10.2. The number of pyridine rings is 1. The van der Waals surface area contributed by atoms with E-state index >= 15 is 4.39 Å². The van der Waals surface area contributed by atoms with Crippen molar-refractivity contribution in [2.45, 2.75) is 49.9 Å². The number of terminal acetylenes is 1. The normalized spacial score (nSPS) is 23.3. The molecule has 1 spiro atoms. The average molecular weight is 702 g/mol. The van der Waals surface area contributed by atoms with Crippen molar-refractivity contribution in [3.63, 3.8) is 0 Å². The average Bonchev–Trinajstić information content (AvgIpc) is 3.95. The Kier molecular flexibility index (Phi) is 9.54. The summed E-state index contributed by atoms with van der Waals surface area (Å²) in [4.78, 5) is 32.4. The fourth-order valence-electron chi connectivity index (χ4n) is 7.56. The highest BCUT2D eigenvalue weighted by atomic mass is 19.1. The number of benzene rings is 2. The highest BCUT2D eigenvalue weighted by molar-refractivity contribution is 6.02. The molecule has 2 amide bonds. The van der Waals surface area contributed by atoms with Gasteiger partial charge in [-0.3, -0.25) is 20.3 Å². The van der Waals surface area contributed by atoms with Crippen molar-refractivity contribution >= 4 is 34.0 Å². The molecule has 51 heavy (non-hydrogen) atoms. The number of urea groups is 1. The van der Waals surface area contributed by atoms with Gasteiger partial charge in [-0.25, -0.2) is 28.0 Å². The smallest absolute Gasteiger partial charge is 0.340 e. The van der Waals surface area contributed by atoms with Gasteiger partial charge in [0.25, 0.3) is 0 Å². The second-order valence-corrected chi connectivity index (χ2v) is 13.2. The number of hydrazine groups is 1. The van der Waals surface area contributed by atoms with Gasteiger partial charge >= 0.3 is 12.0 Å². The topological polar surface area (TPSA) is 131 Å². The summed E-state index contributed by atoms with van der Waals surface area (Å²) < 4.78 is 47.0. The minimum atomic E-state index is -0.757. The van der Waals surface area contributed by atoms with E-state index in [0.717, 1.165) is 45.4 Å². The fraction of sp³-hybridized carbons (Fsp3) is 0.417. The van der Waals surface area contributed by atoms with Crippen LogP contribution in [0.25, 0.3) is 32.9 Å². The van der Waals surface area contributed by atoms with Gasteiger partial charge in [0.15, 0.2) is 5.82 Å². The zero-order valence-electron chi connectivity index (χ0n) is 28.1. The quantitative estimate of drug-likeness (QED) is 0.261. The highest BCUT2D eigenvalue weighted by Crippen LogP contribution is 2.38. The van der Waals surface area contributed by atoms with E-state index in [1.807, 2.05) is 4.90 Å². The molecule has 4 fully saturated rings. The second-order valence-electron chi connectivity index (χ2n) is 13.2. The number of aromatic hydroxyl groups is 1. The van der Waals surface area contributed by atoms with Crippen LogP contribution < -0.4 is 15.5 Å². The third kappa shape index (κ3) is 6.57. The lowest BCUT2D eigenvalue weighted by Gasteiger charge is -2.51. The molecule has 5 aliphatic rings. The van der Waals surface area contributed by atoms with Crippen LogP contribution in [-0.2, 0) is 0 Å². The Labute approximate surface area is 292 Å². The van der Waals surface area contributed by atoms with Crippen LogP contribution in [0.1, 0.15) is 37.7 Å². The van der Waals surface area contributed by atoms with Crippen LogP contribution in [0.5, 0.6) is 11.8 Å². The van der Waals surface area contributed by atoms with Gasteiger partial charge in [-0.15, -0.1) is 6.42 Å². The fourth-order valence-corrected chi connectivity index (χ4v) is 7.56. The number of phenols is 1. The number of aromatic nitrogens is 3. The molecule has 4 aromatic rings. The number of hydrogen-bond donors (Lipinski definition) is 3. The van der Waals surface area contributed by atoms with Crippen LogP contribution in [0.15, 0.2) is 41.7 Å². The van der Waals surface area contributed by atoms with E-state index in [4.69, 9.17) is 11.2 Å². The Balaban J connectivity index is 0.000000140. The first-order valence-electron chi connectivity index (χ1n) is 16.9. The van der Waals surface area contributed by atoms with Crippen molar-refractivity contribution < 1.29 is 27.8 Å². The van der Waals surface area contributed by atoms with Gasteiger partial charge in [-0.2, -0.15) is 4.98 Å². The molecule has 9 rings (SSSR count). The molecule has 4 saturated heterocycles. The molecule has 3 unspecified atom stereocenters. The Bertz CT molecular complexity index is 2010. The number of nitrogens with one attached hydrogen (secondary N) is 2. The van der Waals surface area contributed by atoms with Crippen molar-refractivity contribution in [3.05, 3.63) is 53.9 Å². The molecule has 0 radical (unpaired) electrons. The van der Waals surface area contributed by atoms with Gasteiger partial charge in [0.2, 0.25) is 0 Å². The number of amides is 2. The van der Waals surface area contributed by atoms with Crippen LogP contribution in [0.4, 0.5) is 18.0 Å². The predicted octanol–water partition coefficient (Wildman–Crippen LogP) is 4.36. The van der Waals surface area contributed by atoms with Gasteiger partial charge in [-0.05, 0) is 68.8 Å². The van der Waals surface area contributed by atoms with Gasteiger partial charge in [0.05, 0.1) is 18.2 Å². The van der Waals surface area contributed by atoms with Crippen LogP contribution in [0, 0.1) is 24.0 Å². The SMILES string of the molecule is C#Cc1c(F)ccc2cc(O)cc(-c3ncc4cnc(OC)nc4c3F)c12.FC1CC2CCCN2C1.O=C(N1CN=CN1)N1CCC12CCNC2. The zero-order valence-corrected chi connectivity index (χ0v) is 28.1. The van der Waals surface area contributed by atoms with Crippen LogP contribution in [0.3, 0.4) is 0 Å². The summed E-state index contributed by atoms with van der Waals surface area (Å²) in [6, 6.07) is 6.03. The standard InChI is InChI=1S/C20H11F2N3O2.C9H15N5O.C7H12FN/c1-3-13-15(21)5-4-10-6-12(26)7-14(16(10)13)19-17(22)18-11(8-23-19)9-24-20(25-18)27-2;15-8(14-7-11-6-12-14)13-4-2-9(13)1-3-10-5-9;8-6-4-7-2-1-3-9(7)5-6/h1,4-9,26H,2H3;6,10H,1-5,7H2,(H,11,12);6-7H,1-5H2. The number of ether oxygens (including phenoxy) is 1. The van der Waals surface area contributed by atoms with Crippen molar-refractivity contribution in [1.29, 1.82) is 0 Å². The number of hydrogen-bond acceptors (Lipinski definition) is 10. The summed E-state index contributed by atoms with van der Waals surface area (Å²) in [6.45, 7) is 5.12. The van der Waals surface area contributed by atoms with E-state index in [-0.39, 0.29) is 51.1 Å². The van der Waals surface area contributed by atoms with Gasteiger partial charge in [0, 0.05) is 54.4 Å². The minimum absolute atomic E-state index is 0.00493. The highest BCUT2D eigenvalue weighted by Gasteiger charge is 2.50. The maximum atomic E-state index is 15.2. The second kappa shape index (κ2) is 14.2. The van der Waals surface area contributed by atoms with E-state index < -0.39 is 17.8 Å². The first kappa shape index (κ1) is 34.3. The maximum Gasteiger partial charge on any atom is 0.340 e. The molecule has 266 valence electrons. The molecule has 7 heterocycles. The van der Waals surface area contributed by atoms with E-state index in [0.29, 0.717) is 30.0 Å². The number of halogens is 3. The summed E-state index contributed by atoms with van der Waals surface area (Å²) >= 11 is 0. The van der Waals surface area contributed by atoms with Crippen LogP contribution in [-0.4, -0.2) is 111 Å². The van der Waals surface area contributed by atoms with Crippen molar-refractivity contribution in [2.24, 2.45) is 4.99 Å². The summed E-state index contributed by atoms with van der Waals surface area (Å²) in [6.07, 6.45) is 14.8. The third-order valence-corrected chi connectivity index (χ3v) is 10.2. The maximum absolute atomic E-state index is 15.2. The zero-order chi connectivity index (χ0) is 35.7. The number of aliphatic imine (C=N–C) groups is 1. The summed E-state index contributed by atoms with van der Waals surface area (Å²) in [7, 11) is 1.37. The summed E-state index contributed by atoms with van der Waals surface area (Å²) in [5.41, 5.74) is 2.93. The number of nitrogens with zero attached hydrogens (tertiary/aromatic N) is 7. The lowest BCUT2D eigenvalue weighted by molar-refractivity contribution is 0.0190. The number of phenolic OH excluding ortho intramolecular Hbond substituents is 1. The molecule has 2 aromatic carbocycles. The first-order valence-corrected chi connectivity index (χ1v) is 16.9. The molecule has 5 aliphatic heterocycles.